The van der Waals surface area contributed by atoms with Crippen LogP contribution in [0.3, 0.4) is 0 Å². The largest absolute Gasteiger partial charge is 0.384 e. The Morgan fingerprint density at radius 1 is 1.11 bits per heavy atom. The molecule has 98 valence electrons. The van der Waals surface area contributed by atoms with Crippen LogP contribution in [0.25, 0.3) is 0 Å². The molecule has 1 heterocycles. The standard InChI is InChI=1S/C15H13F2NS/c16-13-6-5-11(8-14(13)17)18-9-12-7-10-3-1-2-4-15(10)19-12/h1-6,8,12,18H,7,9H2. The van der Waals surface area contributed by atoms with E-state index in [-0.39, 0.29) is 0 Å². The lowest BCUT2D eigenvalue weighted by Crippen LogP contribution is -2.15. The summed E-state index contributed by atoms with van der Waals surface area (Å²) in [6.45, 7) is 0.740. The van der Waals surface area contributed by atoms with E-state index in [1.807, 2.05) is 23.9 Å². The lowest BCUT2D eigenvalue weighted by molar-refractivity contribution is 0.509. The number of benzene rings is 2. The number of nitrogens with one attached hydrogen (secondary N) is 1. The highest BCUT2D eigenvalue weighted by Gasteiger charge is 2.21. The molecule has 0 fully saturated rings. The average molecular weight is 277 g/mol. The van der Waals surface area contributed by atoms with Crippen molar-refractivity contribution in [2.24, 2.45) is 0 Å². The molecule has 0 aromatic heterocycles. The van der Waals surface area contributed by atoms with Crippen LogP contribution in [0.1, 0.15) is 5.56 Å². The van der Waals surface area contributed by atoms with Crippen molar-refractivity contribution in [2.75, 3.05) is 11.9 Å². The van der Waals surface area contributed by atoms with Crippen molar-refractivity contribution >= 4 is 17.4 Å². The van der Waals surface area contributed by atoms with Crippen LogP contribution < -0.4 is 5.32 Å². The molecule has 4 heteroatoms. The molecule has 1 unspecified atom stereocenters. The lowest BCUT2D eigenvalue weighted by atomic mass is 10.1. The van der Waals surface area contributed by atoms with Gasteiger partial charge in [0.2, 0.25) is 0 Å². The van der Waals surface area contributed by atoms with Crippen molar-refractivity contribution in [3.8, 4) is 0 Å². The Hall–Kier alpha value is -1.55. The number of fused-ring (bicyclic) bond motifs is 1. The molecule has 2 aromatic carbocycles. The van der Waals surface area contributed by atoms with Gasteiger partial charge in [-0.05, 0) is 36.2 Å². The Balaban J connectivity index is 1.61. The zero-order chi connectivity index (χ0) is 13.2. The average Bonchev–Trinajstić information content (AvgIpc) is 2.83. The predicted octanol–water partition coefficient (Wildman–Crippen LogP) is 4.09. The topological polar surface area (TPSA) is 12.0 Å². The molecule has 1 atom stereocenters. The predicted molar refractivity (Wildman–Crippen MR) is 74.6 cm³/mol. The van der Waals surface area contributed by atoms with Gasteiger partial charge in [0, 0.05) is 22.4 Å². The number of hydrogen-bond acceptors (Lipinski definition) is 2. The fourth-order valence-electron chi connectivity index (χ4n) is 2.21. The quantitative estimate of drug-likeness (QED) is 0.906. The second-order valence-electron chi connectivity index (χ2n) is 4.56. The van der Waals surface area contributed by atoms with Crippen LogP contribution in [0.2, 0.25) is 0 Å². The third kappa shape index (κ3) is 2.73. The van der Waals surface area contributed by atoms with Crippen LogP contribution in [0.15, 0.2) is 47.4 Å². The smallest absolute Gasteiger partial charge is 0.160 e. The Bertz CT molecular complexity index is 575. The van der Waals surface area contributed by atoms with Gasteiger partial charge in [-0.1, -0.05) is 18.2 Å². The highest BCUT2D eigenvalue weighted by molar-refractivity contribution is 8.00. The minimum atomic E-state index is -0.813. The molecule has 0 bridgehead atoms. The maximum Gasteiger partial charge on any atom is 0.160 e. The summed E-state index contributed by atoms with van der Waals surface area (Å²) in [7, 11) is 0. The zero-order valence-corrected chi connectivity index (χ0v) is 11.0. The number of rotatable bonds is 3. The van der Waals surface area contributed by atoms with Crippen molar-refractivity contribution in [1.29, 1.82) is 0 Å². The summed E-state index contributed by atoms with van der Waals surface area (Å²) in [5.74, 6) is -1.62. The van der Waals surface area contributed by atoms with Crippen LogP contribution in [0.4, 0.5) is 14.5 Å². The zero-order valence-electron chi connectivity index (χ0n) is 10.2. The highest BCUT2D eigenvalue weighted by atomic mass is 32.2. The van der Waals surface area contributed by atoms with Gasteiger partial charge in [-0.15, -0.1) is 11.8 Å². The Morgan fingerprint density at radius 3 is 2.74 bits per heavy atom. The highest BCUT2D eigenvalue weighted by Crippen LogP contribution is 2.36. The molecule has 0 radical (unpaired) electrons. The van der Waals surface area contributed by atoms with Gasteiger partial charge in [0.25, 0.3) is 0 Å². The maximum atomic E-state index is 13.1. The Labute approximate surface area is 115 Å². The summed E-state index contributed by atoms with van der Waals surface area (Å²) >= 11 is 1.83. The number of halogens is 2. The Morgan fingerprint density at radius 2 is 1.95 bits per heavy atom. The molecule has 0 spiro atoms. The molecule has 1 nitrogen and oxygen atoms in total. The van der Waals surface area contributed by atoms with E-state index in [2.05, 4.69) is 17.4 Å². The monoisotopic (exact) mass is 277 g/mol. The van der Waals surface area contributed by atoms with Crippen molar-refractivity contribution in [2.45, 2.75) is 16.6 Å². The van der Waals surface area contributed by atoms with Crippen LogP contribution in [-0.2, 0) is 6.42 Å². The van der Waals surface area contributed by atoms with Crippen LogP contribution >= 0.6 is 11.8 Å². The van der Waals surface area contributed by atoms with Crippen LogP contribution in [0.5, 0.6) is 0 Å². The summed E-state index contributed by atoms with van der Waals surface area (Å²) in [6, 6.07) is 12.3. The molecule has 2 aromatic rings. The Kier molecular flexibility index (Phi) is 3.42. The number of hydrogen-bond donors (Lipinski definition) is 1. The molecule has 0 saturated carbocycles. The molecular formula is C15H13F2NS. The van der Waals surface area contributed by atoms with Gasteiger partial charge in [-0.2, -0.15) is 0 Å². The summed E-state index contributed by atoms with van der Waals surface area (Å²) in [5, 5.41) is 3.60. The van der Waals surface area contributed by atoms with Crippen molar-refractivity contribution in [1.82, 2.24) is 0 Å². The van der Waals surface area contributed by atoms with E-state index in [0.29, 0.717) is 10.9 Å². The first kappa shape index (κ1) is 12.5. The van der Waals surface area contributed by atoms with E-state index in [9.17, 15) is 8.78 Å². The van der Waals surface area contributed by atoms with Crippen molar-refractivity contribution in [3.63, 3.8) is 0 Å². The lowest BCUT2D eigenvalue weighted by Gasteiger charge is -2.11. The van der Waals surface area contributed by atoms with Gasteiger partial charge in [0.05, 0.1) is 0 Å². The molecule has 0 amide bonds. The fraction of sp³-hybridized carbons (Fsp3) is 0.200. The van der Waals surface area contributed by atoms with Gasteiger partial charge in [0.15, 0.2) is 11.6 Å². The van der Waals surface area contributed by atoms with Gasteiger partial charge in [0.1, 0.15) is 0 Å². The van der Waals surface area contributed by atoms with Gasteiger partial charge in [-0.3, -0.25) is 0 Å². The second kappa shape index (κ2) is 5.21. The maximum absolute atomic E-state index is 13.1. The number of anilines is 1. The van der Waals surface area contributed by atoms with E-state index in [0.717, 1.165) is 19.0 Å². The van der Waals surface area contributed by atoms with Crippen LogP contribution in [-0.4, -0.2) is 11.8 Å². The van der Waals surface area contributed by atoms with Crippen LogP contribution in [0, 0.1) is 11.6 Å². The first-order valence-corrected chi connectivity index (χ1v) is 7.04. The first-order valence-electron chi connectivity index (χ1n) is 6.16. The van der Waals surface area contributed by atoms with Gasteiger partial charge in [-0.25, -0.2) is 8.78 Å². The SMILES string of the molecule is Fc1ccc(NCC2Cc3ccccc3S2)cc1F. The molecule has 19 heavy (non-hydrogen) atoms. The summed E-state index contributed by atoms with van der Waals surface area (Å²) in [6.07, 6.45) is 1.01. The molecule has 1 aliphatic rings. The van der Waals surface area contributed by atoms with E-state index in [1.165, 1.54) is 16.5 Å². The molecule has 1 N–H and O–H groups in total. The summed E-state index contributed by atoms with van der Waals surface area (Å²) in [4.78, 5) is 1.32. The first-order chi connectivity index (χ1) is 9.22. The minimum absolute atomic E-state index is 0.436. The number of thioether (sulfide) groups is 1. The molecule has 0 saturated heterocycles. The minimum Gasteiger partial charge on any atom is -0.384 e. The third-order valence-electron chi connectivity index (χ3n) is 3.17. The van der Waals surface area contributed by atoms with E-state index in [4.69, 9.17) is 0 Å². The van der Waals surface area contributed by atoms with Crippen molar-refractivity contribution < 1.29 is 8.78 Å². The normalized spacial score (nSPS) is 17.3. The molecular weight excluding hydrogens is 264 g/mol. The van der Waals surface area contributed by atoms with E-state index in [1.54, 1.807) is 6.07 Å². The fourth-order valence-corrected chi connectivity index (χ4v) is 3.45. The van der Waals surface area contributed by atoms with E-state index < -0.39 is 11.6 Å². The second-order valence-corrected chi connectivity index (χ2v) is 5.90. The molecule has 1 aliphatic heterocycles. The molecule has 3 rings (SSSR count). The van der Waals surface area contributed by atoms with E-state index >= 15 is 0 Å². The van der Waals surface area contributed by atoms with Crippen molar-refractivity contribution in [3.05, 3.63) is 59.7 Å². The summed E-state index contributed by atoms with van der Waals surface area (Å²) < 4.78 is 25.9. The molecule has 0 aliphatic carbocycles. The van der Waals surface area contributed by atoms with Gasteiger partial charge < -0.3 is 5.32 Å². The van der Waals surface area contributed by atoms with Gasteiger partial charge >= 0.3 is 0 Å². The third-order valence-corrected chi connectivity index (χ3v) is 4.49. The summed E-state index contributed by atoms with van der Waals surface area (Å²) in [5.41, 5.74) is 1.99.